The van der Waals surface area contributed by atoms with E-state index in [1.54, 1.807) is 6.08 Å². The van der Waals surface area contributed by atoms with E-state index >= 15 is 0 Å². The largest absolute Gasteiger partial charge is 0.359 e. The zero-order valence-electron chi connectivity index (χ0n) is 7.80. The van der Waals surface area contributed by atoms with Crippen LogP contribution in [0.25, 0.3) is 0 Å². The number of thiocarbonyl (C=S) groups is 2. The molecule has 1 saturated carbocycles. The third-order valence-electron chi connectivity index (χ3n) is 1.61. The minimum Gasteiger partial charge on any atom is -0.359 e. The van der Waals surface area contributed by atoms with Crippen LogP contribution in [0, 0.1) is 0 Å². The second-order valence-electron chi connectivity index (χ2n) is 3.00. The second-order valence-corrected chi connectivity index (χ2v) is 3.81. The van der Waals surface area contributed by atoms with Gasteiger partial charge < -0.3 is 10.6 Å². The second kappa shape index (κ2) is 5.77. The highest BCUT2D eigenvalue weighted by molar-refractivity contribution is 7.80. The van der Waals surface area contributed by atoms with E-state index in [0.29, 0.717) is 22.8 Å². The molecular formula is C8H14N4S2. The minimum atomic E-state index is 0.504. The maximum absolute atomic E-state index is 5.01. The molecule has 14 heavy (non-hydrogen) atoms. The Labute approximate surface area is 94.5 Å². The van der Waals surface area contributed by atoms with E-state index < -0.39 is 0 Å². The number of hydrogen-bond donors (Lipinski definition) is 4. The molecule has 1 aliphatic carbocycles. The summed E-state index contributed by atoms with van der Waals surface area (Å²) in [5, 5.41) is 7.11. The molecule has 0 spiro atoms. The van der Waals surface area contributed by atoms with Gasteiger partial charge in [0.05, 0.1) is 0 Å². The number of rotatable bonds is 3. The smallest absolute Gasteiger partial charge is 0.185 e. The van der Waals surface area contributed by atoms with Crippen LogP contribution < -0.4 is 21.5 Å². The molecule has 0 aromatic carbocycles. The average Bonchev–Trinajstić information content (AvgIpc) is 2.95. The van der Waals surface area contributed by atoms with Crippen molar-refractivity contribution in [2.45, 2.75) is 18.9 Å². The quantitative estimate of drug-likeness (QED) is 0.315. The predicted molar refractivity (Wildman–Crippen MR) is 65.8 cm³/mol. The van der Waals surface area contributed by atoms with Crippen molar-refractivity contribution in [3.8, 4) is 0 Å². The van der Waals surface area contributed by atoms with Gasteiger partial charge in [-0.15, -0.1) is 6.58 Å². The van der Waals surface area contributed by atoms with Gasteiger partial charge in [-0.25, -0.2) is 0 Å². The molecule has 4 nitrogen and oxygen atoms in total. The van der Waals surface area contributed by atoms with Crippen LogP contribution in [0.5, 0.6) is 0 Å². The van der Waals surface area contributed by atoms with Gasteiger partial charge in [-0.05, 0) is 37.3 Å². The Kier molecular flexibility index (Phi) is 4.61. The summed E-state index contributed by atoms with van der Waals surface area (Å²) < 4.78 is 0. The Morgan fingerprint density at radius 3 is 2.50 bits per heavy atom. The molecule has 1 aliphatic rings. The molecule has 0 saturated heterocycles. The van der Waals surface area contributed by atoms with Crippen LogP contribution >= 0.6 is 24.4 Å². The van der Waals surface area contributed by atoms with Crippen molar-refractivity contribution in [2.75, 3.05) is 6.54 Å². The van der Waals surface area contributed by atoms with E-state index in [1.165, 1.54) is 12.8 Å². The molecule has 6 heteroatoms. The first-order chi connectivity index (χ1) is 6.72. The highest BCUT2D eigenvalue weighted by Crippen LogP contribution is 2.18. The van der Waals surface area contributed by atoms with Gasteiger partial charge in [0.15, 0.2) is 10.2 Å². The summed E-state index contributed by atoms with van der Waals surface area (Å²) in [6.45, 7) is 4.20. The number of hydrazine groups is 1. The molecule has 78 valence electrons. The molecule has 0 unspecified atom stereocenters. The topological polar surface area (TPSA) is 48.1 Å². The Balaban J connectivity index is 2.02. The standard InChI is InChI=1S/C8H14N4S2/c1-2-5-9-7(13)11-12-8(14)10-6-3-4-6/h2,6H,1,3-5H2,(H2,9,11,13)(H2,10,12,14). The molecule has 0 aromatic rings. The third-order valence-corrected chi connectivity index (χ3v) is 2.08. The molecular weight excluding hydrogens is 216 g/mol. The first-order valence-corrected chi connectivity index (χ1v) is 5.25. The normalized spacial score (nSPS) is 14.0. The summed E-state index contributed by atoms with van der Waals surface area (Å²) >= 11 is 9.96. The van der Waals surface area contributed by atoms with E-state index in [-0.39, 0.29) is 0 Å². The van der Waals surface area contributed by atoms with Gasteiger partial charge in [-0.2, -0.15) is 0 Å². The number of nitrogens with one attached hydrogen (secondary N) is 4. The van der Waals surface area contributed by atoms with Gasteiger partial charge in [0.2, 0.25) is 0 Å². The molecule has 0 heterocycles. The lowest BCUT2D eigenvalue weighted by Crippen LogP contribution is -2.50. The Hall–Kier alpha value is -0.880. The molecule has 1 fully saturated rings. The summed E-state index contributed by atoms with van der Waals surface area (Å²) in [6.07, 6.45) is 4.12. The summed E-state index contributed by atoms with van der Waals surface area (Å²) in [5.41, 5.74) is 5.56. The minimum absolute atomic E-state index is 0.504. The molecule has 4 N–H and O–H groups in total. The lowest BCUT2D eigenvalue weighted by atomic mass is 10.6. The zero-order chi connectivity index (χ0) is 10.4. The van der Waals surface area contributed by atoms with E-state index in [9.17, 15) is 0 Å². The molecule has 0 atom stereocenters. The van der Waals surface area contributed by atoms with E-state index in [1.807, 2.05) is 0 Å². The Morgan fingerprint density at radius 1 is 1.29 bits per heavy atom. The molecule has 0 bridgehead atoms. The molecule has 0 aliphatic heterocycles. The lowest BCUT2D eigenvalue weighted by Gasteiger charge is -2.12. The molecule has 0 amide bonds. The van der Waals surface area contributed by atoms with Crippen molar-refractivity contribution < 1.29 is 0 Å². The van der Waals surface area contributed by atoms with Gasteiger partial charge in [0.1, 0.15) is 0 Å². The van der Waals surface area contributed by atoms with Gasteiger partial charge in [0.25, 0.3) is 0 Å². The van der Waals surface area contributed by atoms with Crippen molar-refractivity contribution in [1.29, 1.82) is 0 Å². The van der Waals surface area contributed by atoms with Gasteiger partial charge in [-0.1, -0.05) is 6.08 Å². The van der Waals surface area contributed by atoms with Crippen molar-refractivity contribution in [2.24, 2.45) is 0 Å². The van der Waals surface area contributed by atoms with Crippen LogP contribution in [-0.2, 0) is 0 Å². The average molecular weight is 230 g/mol. The maximum atomic E-state index is 5.01. The molecule has 1 rings (SSSR count). The van der Waals surface area contributed by atoms with Crippen LogP contribution in [0.1, 0.15) is 12.8 Å². The van der Waals surface area contributed by atoms with Gasteiger partial charge >= 0.3 is 0 Å². The number of hydrogen-bond acceptors (Lipinski definition) is 2. The SMILES string of the molecule is C=CCNC(=S)NNC(=S)NC1CC1. The summed E-state index contributed by atoms with van der Waals surface area (Å²) in [5.74, 6) is 0. The van der Waals surface area contributed by atoms with E-state index in [0.717, 1.165) is 0 Å². The first kappa shape index (κ1) is 11.2. The predicted octanol–water partition coefficient (Wildman–Crippen LogP) is 0.178. The van der Waals surface area contributed by atoms with Gasteiger partial charge in [0, 0.05) is 12.6 Å². The van der Waals surface area contributed by atoms with E-state index in [4.69, 9.17) is 24.4 Å². The van der Waals surface area contributed by atoms with Crippen molar-refractivity contribution in [1.82, 2.24) is 21.5 Å². The van der Waals surface area contributed by atoms with Gasteiger partial charge in [-0.3, -0.25) is 10.9 Å². The maximum Gasteiger partial charge on any atom is 0.185 e. The fraction of sp³-hybridized carbons (Fsp3) is 0.500. The highest BCUT2D eigenvalue weighted by Gasteiger charge is 2.21. The Bertz CT molecular complexity index is 237. The summed E-state index contributed by atoms with van der Waals surface area (Å²) in [7, 11) is 0. The van der Waals surface area contributed by atoms with Crippen LogP contribution in [0.2, 0.25) is 0 Å². The van der Waals surface area contributed by atoms with Crippen molar-refractivity contribution >= 4 is 34.7 Å². The fourth-order valence-corrected chi connectivity index (χ4v) is 1.12. The highest BCUT2D eigenvalue weighted by atomic mass is 32.1. The van der Waals surface area contributed by atoms with Crippen LogP contribution in [0.4, 0.5) is 0 Å². The Morgan fingerprint density at radius 2 is 1.93 bits per heavy atom. The lowest BCUT2D eigenvalue weighted by molar-refractivity contribution is 0.785. The van der Waals surface area contributed by atoms with E-state index in [2.05, 4.69) is 28.1 Å². The summed E-state index contributed by atoms with van der Waals surface area (Å²) in [4.78, 5) is 0. The van der Waals surface area contributed by atoms with Crippen molar-refractivity contribution in [3.05, 3.63) is 12.7 Å². The first-order valence-electron chi connectivity index (χ1n) is 4.43. The zero-order valence-corrected chi connectivity index (χ0v) is 9.43. The van der Waals surface area contributed by atoms with Crippen molar-refractivity contribution in [3.63, 3.8) is 0 Å². The molecule has 0 radical (unpaired) electrons. The fourth-order valence-electron chi connectivity index (χ4n) is 0.772. The van der Waals surface area contributed by atoms with Crippen LogP contribution in [0.3, 0.4) is 0 Å². The summed E-state index contributed by atoms with van der Waals surface area (Å²) in [6, 6.07) is 0.548. The molecule has 0 aromatic heterocycles. The van der Waals surface area contributed by atoms with Crippen LogP contribution in [-0.4, -0.2) is 22.8 Å². The third kappa shape index (κ3) is 4.98. The monoisotopic (exact) mass is 230 g/mol. The van der Waals surface area contributed by atoms with Crippen LogP contribution in [0.15, 0.2) is 12.7 Å².